The highest BCUT2D eigenvalue weighted by Crippen LogP contribution is 2.40. The Hall–Kier alpha value is -3.32. The van der Waals surface area contributed by atoms with Crippen molar-refractivity contribution in [1.29, 1.82) is 0 Å². The fourth-order valence-corrected chi connectivity index (χ4v) is 3.95. The van der Waals surface area contributed by atoms with Crippen molar-refractivity contribution in [2.45, 2.75) is 12.6 Å². The molecule has 3 aromatic rings. The second kappa shape index (κ2) is 7.36. The first-order valence-corrected chi connectivity index (χ1v) is 9.41. The minimum Gasteiger partial charge on any atom is -0.503 e. The number of hydrogen-bond donors (Lipinski definition) is 1. The molecule has 1 aromatic carbocycles. The largest absolute Gasteiger partial charge is 0.503 e. The lowest BCUT2D eigenvalue weighted by atomic mass is 9.96. The van der Waals surface area contributed by atoms with Crippen molar-refractivity contribution >= 4 is 23.0 Å². The van der Waals surface area contributed by atoms with Crippen LogP contribution < -0.4 is 0 Å². The number of aliphatic hydroxyl groups is 1. The Morgan fingerprint density at radius 1 is 1.14 bits per heavy atom. The lowest BCUT2D eigenvalue weighted by Gasteiger charge is -2.26. The van der Waals surface area contributed by atoms with Crippen molar-refractivity contribution in [3.05, 3.63) is 99.5 Å². The summed E-state index contributed by atoms with van der Waals surface area (Å²) in [6.07, 6.45) is 3.14. The Bertz CT molecular complexity index is 1050. The van der Waals surface area contributed by atoms with Crippen LogP contribution in [-0.2, 0) is 11.3 Å². The molecule has 140 valence electrons. The normalized spacial score (nSPS) is 16.7. The van der Waals surface area contributed by atoms with Crippen molar-refractivity contribution < 1.29 is 19.1 Å². The third-order valence-electron chi connectivity index (χ3n) is 4.58. The van der Waals surface area contributed by atoms with Crippen molar-refractivity contribution in [2.75, 3.05) is 0 Å². The SMILES string of the molecule is O=C(C1=C(O)C(=O)N(Cc2ccc(F)cc2)C1c1ccncc1)c1cccs1. The number of thiophene rings is 1. The first-order chi connectivity index (χ1) is 13.6. The molecule has 1 atom stereocenters. The van der Waals surface area contributed by atoms with E-state index < -0.39 is 17.7 Å². The Morgan fingerprint density at radius 2 is 1.86 bits per heavy atom. The second-order valence-electron chi connectivity index (χ2n) is 6.31. The van der Waals surface area contributed by atoms with E-state index in [9.17, 15) is 19.1 Å². The van der Waals surface area contributed by atoms with Gasteiger partial charge in [-0.1, -0.05) is 18.2 Å². The van der Waals surface area contributed by atoms with E-state index in [1.54, 1.807) is 54.2 Å². The maximum Gasteiger partial charge on any atom is 0.290 e. The van der Waals surface area contributed by atoms with Gasteiger partial charge in [0, 0.05) is 18.9 Å². The number of ketones is 1. The maximum atomic E-state index is 13.2. The maximum absolute atomic E-state index is 13.2. The van der Waals surface area contributed by atoms with E-state index >= 15 is 0 Å². The monoisotopic (exact) mass is 394 g/mol. The smallest absolute Gasteiger partial charge is 0.290 e. The van der Waals surface area contributed by atoms with E-state index in [0.29, 0.717) is 16.0 Å². The van der Waals surface area contributed by atoms with Crippen LogP contribution in [0.15, 0.2) is 77.6 Å². The number of hydrogen-bond acceptors (Lipinski definition) is 5. The van der Waals surface area contributed by atoms with Gasteiger partial charge in [-0.25, -0.2) is 4.39 Å². The third-order valence-corrected chi connectivity index (χ3v) is 5.45. The Morgan fingerprint density at radius 3 is 2.50 bits per heavy atom. The standard InChI is InChI=1S/C21H15FN2O3S/c22-15-5-3-13(4-6-15)12-24-18(14-7-9-23-10-8-14)17(20(26)21(24)27)19(25)16-2-1-11-28-16/h1-11,18,26H,12H2. The van der Waals surface area contributed by atoms with Gasteiger partial charge in [0.2, 0.25) is 5.78 Å². The fraction of sp³-hybridized carbons (Fsp3) is 0.0952. The molecule has 0 saturated heterocycles. The number of carbonyl (C=O) groups excluding carboxylic acids is 2. The lowest BCUT2D eigenvalue weighted by Crippen LogP contribution is -2.30. The highest BCUT2D eigenvalue weighted by atomic mass is 32.1. The summed E-state index contributed by atoms with van der Waals surface area (Å²) in [6, 6.07) is 11.8. The molecule has 0 radical (unpaired) electrons. The molecule has 4 rings (SSSR count). The van der Waals surface area contributed by atoms with Gasteiger partial charge in [-0.05, 0) is 46.8 Å². The number of nitrogens with zero attached hydrogens (tertiary/aromatic N) is 2. The topological polar surface area (TPSA) is 70.5 Å². The Kier molecular flexibility index (Phi) is 4.75. The zero-order valence-electron chi connectivity index (χ0n) is 14.6. The first kappa shape index (κ1) is 18.1. The minimum absolute atomic E-state index is 0.0424. The summed E-state index contributed by atoms with van der Waals surface area (Å²) in [5.41, 5.74) is 1.39. The van der Waals surface area contributed by atoms with E-state index in [2.05, 4.69) is 4.98 Å². The number of aromatic nitrogens is 1. The highest BCUT2D eigenvalue weighted by molar-refractivity contribution is 7.12. The number of amides is 1. The van der Waals surface area contributed by atoms with Crippen LogP contribution >= 0.6 is 11.3 Å². The zero-order valence-corrected chi connectivity index (χ0v) is 15.4. The van der Waals surface area contributed by atoms with E-state index in [0.717, 1.165) is 0 Å². The summed E-state index contributed by atoms with van der Waals surface area (Å²) in [7, 11) is 0. The molecule has 0 spiro atoms. The average Bonchev–Trinajstić information content (AvgIpc) is 3.33. The molecular weight excluding hydrogens is 379 g/mol. The predicted octanol–water partition coefficient (Wildman–Crippen LogP) is 4.06. The van der Waals surface area contributed by atoms with E-state index in [1.807, 2.05) is 0 Å². The Balaban J connectivity index is 1.77. The zero-order chi connectivity index (χ0) is 19.7. The van der Waals surface area contributed by atoms with Crippen molar-refractivity contribution in [1.82, 2.24) is 9.88 Å². The van der Waals surface area contributed by atoms with Crippen molar-refractivity contribution in [3.8, 4) is 0 Å². The number of rotatable bonds is 5. The molecule has 0 bridgehead atoms. The van der Waals surface area contributed by atoms with Gasteiger partial charge in [-0.3, -0.25) is 14.6 Å². The van der Waals surface area contributed by atoms with Crippen LogP contribution in [-0.4, -0.2) is 26.7 Å². The molecule has 1 aliphatic rings. The summed E-state index contributed by atoms with van der Waals surface area (Å²) in [5.74, 6) is -1.95. The summed E-state index contributed by atoms with van der Waals surface area (Å²) < 4.78 is 13.2. The molecular formula is C21H15FN2O3S. The number of Topliss-reactive ketones (excluding diaryl/α,β-unsaturated/α-hetero) is 1. The molecule has 1 N–H and O–H groups in total. The molecule has 1 amide bonds. The van der Waals surface area contributed by atoms with Crippen LogP contribution in [0.2, 0.25) is 0 Å². The molecule has 1 aliphatic heterocycles. The van der Waals surface area contributed by atoms with Crippen molar-refractivity contribution in [3.63, 3.8) is 0 Å². The minimum atomic E-state index is -0.754. The molecule has 0 fully saturated rings. The summed E-state index contributed by atoms with van der Waals surface area (Å²) in [4.78, 5) is 31.7. The first-order valence-electron chi connectivity index (χ1n) is 8.53. The third kappa shape index (κ3) is 3.20. The van der Waals surface area contributed by atoms with Crippen LogP contribution in [0.25, 0.3) is 0 Å². The van der Waals surface area contributed by atoms with E-state index in [-0.39, 0.29) is 23.7 Å². The summed E-state index contributed by atoms with van der Waals surface area (Å²) >= 11 is 1.25. The number of benzene rings is 1. The molecule has 1 unspecified atom stereocenters. The van der Waals surface area contributed by atoms with Crippen molar-refractivity contribution in [2.24, 2.45) is 0 Å². The van der Waals surface area contributed by atoms with Gasteiger partial charge < -0.3 is 10.0 Å². The lowest BCUT2D eigenvalue weighted by molar-refractivity contribution is -0.130. The summed E-state index contributed by atoms with van der Waals surface area (Å²) in [6.45, 7) is 0.122. The molecule has 5 nitrogen and oxygen atoms in total. The molecule has 2 aromatic heterocycles. The van der Waals surface area contributed by atoms with Gasteiger partial charge in [0.1, 0.15) is 5.82 Å². The van der Waals surface area contributed by atoms with E-state index in [4.69, 9.17) is 0 Å². The number of aliphatic hydroxyl groups excluding tert-OH is 1. The molecule has 7 heteroatoms. The van der Waals surface area contributed by atoms with Crippen LogP contribution in [0.3, 0.4) is 0 Å². The summed E-state index contributed by atoms with van der Waals surface area (Å²) in [5, 5.41) is 12.3. The number of pyridine rings is 1. The van der Waals surface area contributed by atoms with Gasteiger partial charge in [0.15, 0.2) is 5.76 Å². The molecule has 28 heavy (non-hydrogen) atoms. The molecule has 0 aliphatic carbocycles. The van der Waals surface area contributed by atoms with E-state index in [1.165, 1.54) is 28.4 Å². The van der Waals surface area contributed by atoms with Gasteiger partial charge in [-0.2, -0.15) is 0 Å². The van der Waals surface area contributed by atoms with Gasteiger partial charge in [-0.15, -0.1) is 11.3 Å². The fourth-order valence-electron chi connectivity index (χ4n) is 3.27. The second-order valence-corrected chi connectivity index (χ2v) is 7.26. The van der Waals surface area contributed by atoms with Crippen LogP contribution in [0, 0.1) is 5.82 Å². The van der Waals surface area contributed by atoms with Crippen LogP contribution in [0.4, 0.5) is 4.39 Å². The predicted molar refractivity (Wildman–Crippen MR) is 102 cm³/mol. The molecule has 0 saturated carbocycles. The number of halogens is 1. The van der Waals surface area contributed by atoms with Gasteiger partial charge in [0.25, 0.3) is 5.91 Å². The number of carbonyl (C=O) groups is 2. The van der Waals surface area contributed by atoms with Crippen LogP contribution in [0.1, 0.15) is 26.8 Å². The highest BCUT2D eigenvalue weighted by Gasteiger charge is 2.43. The quantitative estimate of drug-likeness (QED) is 0.663. The Labute approximate surface area is 164 Å². The molecule has 3 heterocycles. The van der Waals surface area contributed by atoms with Gasteiger partial charge in [0.05, 0.1) is 16.5 Å². The average molecular weight is 394 g/mol. The van der Waals surface area contributed by atoms with Gasteiger partial charge >= 0.3 is 0 Å². The van der Waals surface area contributed by atoms with Crippen LogP contribution in [0.5, 0.6) is 0 Å².